The van der Waals surface area contributed by atoms with Gasteiger partial charge in [0.2, 0.25) is 0 Å². The molecule has 0 aliphatic carbocycles. The van der Waals surface area contributed by atoms with Crippen molar-refractivity contribution in [1.29, 1.82) is 0 Å². The molecule has 0 aromatic carbocycles. The van der Waals surface area contributed by atoms with E-state index in [0.717, 1.165) is 0 Å². The summed E-state index contributed by atoms with van der Waals surface area (Å²) in [5.74, 6) is -0.850. The lowest BCUT2D eigenvalue weighted by molar-refractivity contribution is -0.150. The summed E-state index contributed by atoms with van der Waals surface area (Å²) in [4.78, 5) is 10.6. The van der Waals surface area contributed by atoms with E-state index < -0.39 is 12.0 Å². The van der Waals surface area contributed by atoms with Crippen LogP contribution in [0.2, 0.25) is 0 Å². The largest absolute Gasteiger partial charge is 0.480 e. The molecule has 0 bridgehead atoms. The summed E-state index contributed by atoms with van der Waals surface area (Å²) in [7, 11) is 0. The lowest BCUT2D eigenvalue weighted by atomic mass is 9.97. The molecule has 1 rings (SSSR count). The van der Waals surface area contributed by atoms with Gasteiger partial charge in [0, 0.05) is 6.04 Å². The second-order valence-electron chi connectivity index (χ2n) is 3.69. The normalized spacial score (nSPS) is 34.6. The second kappa shape index (κ2) is 3.03. The number of carboxylic acids is 1. The van der Waals surface area contributed by atoms with Crippen LogP contribution in [0.4, 0.5) is 0 Å². The Labute approximate surface area is 71.9 Å². The molecule has 1 aliphatic rings. The summed E-state index contributed by atoms with van der Waals surface area (Å²) >= 11 is 0. The maximum atomic E-state index is 10.6. The van der Waals surface area contributed by atoms with Gasteiger partial charge in [-0.25, -0.2) is 0 Å². The average Bonchev–Trinajstić information content (AvgIpc) is 1.94. The van der Waals surface area contributed by atoms with E-state index in [1.54, 1.807) is 0 Å². The average molecular weight is 173 g/mol. The van der Waals surface area contributed by atoms with Crippen molar-refractivity contribution in [2.75, 3.05) is 6.61 Å². The third kappa shape index (κ3) is 1.76. The van der Waals surface area contributed by atoms with E-state index in [9.17, 15) is 4.79 Å². The minimum absolute atomic E-state index is 0.0624. The highest BCUT2D eigenvalue weighted by atomic mass is 16.5. The van der Waals surface area contributed by atoms with Crippen molar-refractivity contribution in [1.82, 2.24) is 5.32 Å². The maximum Gasteiger partial charge on any atom is 0.323 e. The van der Waals surface area contributed by atoms with Gasteiger partial charge in [-0.2, -0.15) is 0 Å². The molecule has 0 aromatic heterocycles. The van der Waals surface area contributed by atoms with Crippen LogP contribution in [0.25, 0.3) is 0 Å². The van der Waals surface area contributed by atoms with Crippen LogP contribution in [-0.2, 0) is 9.53 Å². The van der Waals surface area contributed by atoms with Gasteiger partial charge >= 0.3 is 5.97 Å². The molecule has 0 saturated carbocycles. The van der Waals surface area contributed by atoms with E-state index in [1.807, 2.05) is 20.8 Å². The SMILES string of the molecule is CC1NC(C(=O)O)COC1(C)C. The number of aliphatic carboxylic acids is 1. The number of morpholine rings is 1. The van der Waals surface area contributed by atoms with Crippen LogP contribution in [0.1, 0.15) is 20.8 Å². The van der Waals surface area contributed by atoms with E-state index in [-0.39, 0.29) is 18.2 Å². The first kappa shape index (κ1) is 9.48. The molecule has 1 heterocycles. The molecule has 4 heteroatoms. The van der Waals surface area contributed by atoms with E-state index in [2.05, 4.69) is 5.32 Å². The van der Waals surface area contributed by atoms with Gasteiger partial charge in [0.25, 0.3) is 0 Å². The highest BCUT2D eigenvalue weighted by molar-refractivity contribution is 5.73. The van der Waals surface area contributed by atoms with Gasteiger partial charge in [-0.05, 0) is 20.8 Å². The van der Waals surface area contributed by atoms with Gasteiger partial charge in [-0.1, -0.05) is 0 Å². The molecule has 1 fully saturated rings. The van der Waals surface area contributed by atoms with Crippen molar-refractivity contribution < 1.29 is 14.6 Å². The van der Waals surface area contributed by atoms with Crippen LogP contribution < -0.4 is 5.32 Å². The Morgan fingerprint density at radius 1 is 1.67 bits per heavy atom. The third-order valence-corrected chi connectivity index (χ3v) is 2.41. The smallest absolute Gasteiger partial charge is 0.323 e. The Kier molecular flexibility index (Phi) is 2.39. The lowest BCUT2D eigenvalue weighted by Crippen LogP contribution is -2.60. The summed E-state index contributed by atoms with van der Waals surface area (Å²) in [5.41, 5.74) is -0.272. The summed E-state index contributed by atoms with van der Waals surface area (Å²) in [6.45, 7) is 6.06. The highest BCUT2D eigenvalue weighted by Crippen LogP contribution is 2.19. The van der Waals surface area contributed by atoms with E-state index >= 15 is 0 Å². The topological polar surface area (TPSA) is 58.6 Å². The highest BCUT2D eigenvalue weighted by Gasteiger charge is 2.36. The summed E-state index contributed by atoms with van der Waals surface area (Å²) in [6.07, 6.45) is 0. The molecule has 70 valence electrons. The third-order valence-electron chi connectivity index (χ3n) is 2.41. The maximum absolute atomic E-state index is 10.6. The minimum Gasteiger partial charge on any atom is -0.480 e. The van der Waals surface area contributed by atoms with Gasteiger partial charge in [0.1, 0.15) is 6.04 Å². The quantitative estimate of drug-likeness (QED) is 0.596. The molecule has 0 aromatic rings. The Morgan fingerprint density at radius 2 is 2.25 bits per heavy atom. The number of carboxylic acid groups (broad SMARTS) is 1. The van der Waals surface area contributed by atoms with Crippen LogP contribution in [0.15, 0.2) is 0 Å². The molecule has 0 radical (unpaired) electrons. The lowest BCUT2D eigenvalue weighted by Gasteiger charge is -2.40. The van der Waals surface area contributed by atoms with E-state index in [0.29, 0.717) is 0 Å². The molecule has 12 heavy (non-hydrogen) atoms. The summed E-state index contributed by atoms with van der Waals surface area (Å²) < 4.78 is 5.41. The van der Waals surface area contributed by atoms with Gasteiger partial charge in [0.05, 0.1) is 12.2 Å². The molecule has 2 unspecified atom stereocenters. The Morgan fingerprint density at radius 3 is 2.67 bits per heavy atom. The molecule has 2 N–H and O–H groups in total. The Bertz CT molecular complexity index is 191. The van der Waals surface area contributed by atoms with Crippen molar-refractivity contribution in [2.45, 2.75) is 38.5 Å². The van der Waals surface area contributed by atoms with Crippen molar-refractivity contribution in [3.63, 3.8) is 0 Å². The van der Waals surface area contributed by atoms with Crippen molar-refractivity contribution in [3.8, 4) is 0 Å². The molecule has 0 spiro atoms. The van der Waals surface area contributed by atoms with Crippen LogP contribution in [0.3, 0.4) is 0 Å². The zero-order valence-electron chi connectivity index (χ0n) is 7.63. The molecule has 2 atom stereocenters. The summed E-state index contributed by atoms with van der Waals surface area (Å²) in [6, 6.07) is -0.500. The summed E-state index contributed by atoms with van der Waals surface area (Å²) in [5, 5.41) is 11.7. The molecule has 1 saturated heterocycles. The fraction of sp³-hybridized carbons (Fsp3) is 0.875. The minimum atomic E-state index is -0.850. The number of nitrogens with one attached hydrogen (secondary N) is 1. The van der Waals surface area contributed by atoms with Gasteiger partial charge < -0.3 is 9.84 Å². The first-order valence-corrected chi connectivity index (χ1v) is 4.06. The molecule has 0 amide bonds. The predicted octanol–water partition coefficient (Wildman–Crippen LogP) is 0.226. The fourth-order valence-corrected chi connectivity index (χ4v) is 1.12. The first-order chi connectivity index (χ1) is 5.43. The molecule has 4 nitrogen and oxygen atoms in total. The standard InChI is InChI=1S/C8H15NO3/c1-5-8(2,3)12-4-6(9-5)7(10)11/h5-6,9H,4H2,1-3H3,(H,10,11). The van der Waals surface area contributed by atoms with Gasteiger partial charge in [-0.15, -0.1) is 0 Å². The number of ether oxygens (including phenoxy) is 1. The van der Waals surface area contributed by atoms with Crippen LogP contribution >= 0.6 is 0 Å². The monoisotopic (exact) mass is 173 g/mol. The second-order valence-corrected chi connectivity index (χ2v) is 3.69. The number of rotatable bonds is 1. The molecular weight excluding hydrogens is 158 g/mol. The van der Waals surface area contributed by atoms with E-state index in [1.165, 1.54) is 0 Å². The Balaban J connectivity index is 2.58. The van der Waals surface area contributed by atoms with Gasteiger partial charge in [-0.3, -0.25) is 10.1 Å². The van der Waals surface area contributed by atoms with Crippen molar-refractivity contribution in [3.05, 3.63) is 0 Å². The van der Waals surface area contributed by atoms with Crippen LogP contribution in [0.5, 0.6) is 0 Å². The van der Waals surface area contributed by atoms with Crippen LogP contribution in [-0.4, -0.2) is 35.4 Å². The van der Waals surface area contributed by atoms with Crippen molar-refractivity contribution >= 4 is 5.97 Å². The first-order valence-electron chi connectivity index (χ1n) is 4.06. The predicted molar refractivity (Wildman–Crippen MR) is 44.1 cm³/mol. The van der Waals surface area contributed by atoms with E-state index in [4.69, 9.17) is 9.84 Å². The Hall–Kier alpha value is -0.610. The fourth-order valence-electron chi connectivity index (χ4n) is 1.12. The number of hydrogen-bond acceptors (Lipinski definition) is 3. The number of hydrogen-bond donors (Lipinski definition) is 2. The van der Waals surface area contributed by atoms with Gasteiger partial charge in [0.15, 0.2) is 0 Å². The molecule has 1 aliphatic heterocycles. The zero-order chi connectivity index (χ0) is 9.35. The van der Waals surface area contributed by atoms with Crippen molar-refractivity contribution in [2.24, 2.45) is 0 Å². The zero-order valence-corrected chi connectivity index (χ0v) is 7.63. The van der Waals surface area contributed by atoms with Crippen LogP contribution in [0, 0.1) is 0 Å². The molecular formula is C8H15NO3. The number of carbonyl (C=O) groups is 1.